The Hall–Kier alpha value is -2.70. The van der Waals surface area contributed by atoms with Crippen LogP contribution in [-0.2, 0) is 10.3 Å². The highest BCUT2D eigenvalue weighted by Gasteiger charge is 2.60. The minimum absolute atomic E-state index is 0.0541. The third-order valence-corrected chi connectivity index (χ3v) is 6.78. The van der Waals surface area contributed by atoms with Gasteiger partial charge in [-0.15, -0.1) is 0 Å². The molecular formula is C19H15BrN4O3. The molecule has 1 atom stereocenters. The SMILES string of the molecule is [N-]=[N+]=NC(=O)C1(Br)CCC2c3ccccc3C([N+](=O)[O-])(C1)c1ccccc12. The van der Waals surface area contributed by atoms with E-state index in [1.165, 1.54) is 0 Å². The van der Waals surface area contributed by atoms with Crippen LogP contribution in [0.15, 0.2) is 53.6 Å². The van der Waals surface area contributed by atoms with E-state index in [0.717, 1.165) is 11.1 Å². The summed E-state index contributed by atoms with van der Waals surface area (Å²) < 4.78 is -1.29. The second kappa shape index (κ2) is 6.18. The lowest BCUT2D eigenvalue weighted by molar-refractivity contribution is -0.569. The van der Waals surface area contributed by atoms with E-state index in [1.807, 2.05) is 24.3 Å². The van der Waals surface area contributed by atoms with Gasteiger partial charge in [-0.1, -0.05) is 64.5 Å². The largest absolute Gasteiger partial charge is 0.291 e. The predicted molar refractivity (Wildman–Crippen MR) is 102 cm³/mol. The molecule has 2 bridgehead atoms. The average Bonchev–Trinajstić information content (AvgIpc) is 2.65. The molecule has 3 aliphatic rings. The van der Waals surface area contributed by atoms with E-state index < -0.39 is 15.8 Å². The van der Waals surface area contributed by atoms with E-state index >= 15 is 0 Å². The normalized spacial score (nSPS) is 28.1. The van der Waals surface area contributed by atoms with Gasteiger partial charge < -0.3 is 0 Å². The van der Waals surface area contributed by atoms with Crippen LogP contribution in [0.4, 0.5) is 0 Å². The summed E-state index contributed by atoms with van der Waals surface area (Å²) in [5.74, 6) is -0.768. The van der Waals surface area contributed by atoms with Gasteiger partial charge in [0.2, 0.25) is 5.91 Å². The lowest BCUT2D eigenvalue weighted by atomic mass is 9.61. The molecule has 27 heavy (non-hydrogen) atoms. The third kappa shape index (κ3) is 2.40. The van der Waals surface area contributed by atoms with Gasteiger partial charge in [-0.05, 0) is 34.6 Å². The summed E-state index contributed by atoms with van der Waals surface area (Å²) >= 11 is 3.44. The van der Waals surface area contributed by atoms with Gasteiger partial charge in [-0.3, -0.25) is 14.9 Å². The standard InChI is InChI=1S/C19H15BrN4O3/c20-18(17(25)22-23-21)10-9-12-13-5-1-3-7-15(13)19(11-18,24(26)27)16-8-4-2-6-14(12)16/h1-8,12H,9-11H2. The molecular weight excluding hydrogens is 412 g/mol. The van der Waals surface area contributed by atoms with Crippen molar-refractivity contribution >= 4 is 21.8 Å². The van der Waals surface area contributed by atoms with Crippen LogP contribution in [0.25, 0.3) is 10.4 Å². The Morgan fingerprint density at radius 1 is 1.19 bits per heavy atom. The van der Waals surface area contributed by atoms with Gasteiger partial charge in [0.15, 0.2) is 0 Å². The Balaban J connectivity index is 2.06. The van der Waals surface area contributed by atoms with Crippen molar-refractivity contribution in [2.24, 2.45) is 5.11 Å². The highest BCUT2D eigenvalue weighted by atomic mass is 79.9. The second-order valence-corrected chi connectivity index (χ2v) is 8.54. The number of hydrogen-bond donors (Lipinski definition) is 0. The molecule has 0 saturated heterocycles. The zero-order valence-corrected chi connectivity index (χ0v) is 15.8. The first-order valence-electron chi connectivity index (χ1n) is 8.56. The van der Waals surface area contributed by atoms with Crippen LogP contribution in [0.3, 0.4) is 0 Å². The van der Waals surface area contributed by atoms with E-state index in [0.29, 0.717) is 24.0 Å². The van der Waals surface area contributed by atoms with Gasteiger partial charge in [0.25, 0.3) is 5.54 Å². The number of benzene rings is 2. The van der Waals surface area contributed by atoms with Crippen molar-refractivity contribution in [2.45, 2.75) is 35.0 Å². The van der Waals surface area contributed by atoms with Gasteiger partial charge in [0, 0.05) is 33.3 Å². The fourth-order valence-electron chi connectivity index (χ4n) is 4.61. The summed E-state index contributed by atoms with van der Waals surface area (Å²) in [4.78, 5) is 27.4. The number of carbonyl (C=O) groups is 1. The third-order valence-electron chi connectivity index (χ3n) is 5.76. The highest BCUT2D eigenvalue weighted by Crippen LogP contribution is 2.56. The molecule has 5 rings (SSSR count). The molecule has 8 heteroatoms. The van der Waals surface area contributed by atoms with Crippen LogP contribution >= 0.6 is 15.9 Å². The number of fused-ring (bicyclic) bond motifs is 3. The molecule has 0 aromatic heterocycles. The highest BCUT2D eigenvalue weighted by molar-refractivity contribution is 9.10. The molecule has 0 N–H and O–H groups in total. The van der Waals surface area contributed by atoms with E-state index in [9.17, 15) is 14.9 Å². The molecule has 1 amide bonds. The van der Waals surface area contributed by atoms with Crippen molar-refractivity contribution in [1.82, 2.24) is 0 Å². The van der Waals surface area contributed by atoms with Crippen molar-refractivity contribution in [3.63, 3.8) is 0 Å². The van der Waals surface area contributed by atoms with Crippen LogP contribution in [0.5, 0.6) is 0 Å². The van der Waals surface area contributed by atoms with Gasteiger partial charge in [0.1, 0.15) is 0 Å². The number of nitro groups is 1. The van der Waals surface area contributed by atoms with Crippen molar-refractivity contribution in [2.75, 3.05) is 0 Å². The van der Waals surface area contributed by atoms with Crippen molar-refractivity contribution in [1.29, 1.82) is 0 Å². The van der Waals surface area contributed by atoms with E-state index in [1.54, 1.807) is 24.3 Å². The lowest BCUT2D eigenvalue weighted by Crippen LogP contribution is -2.50. The first-order chi connectivity index (χ1) is 12.9. The predicted octanol–water partition coefficient (Wildman–Crippen LogP) is 4.81. The summed E-state index contributed by atoms with van der Waals surface area (Å²) in [7, 11) is 0. The molecule has 2 aromatic carbocycles. The molecule has 2 aromatic rings. The first-order valence-corrected chi connectivity index (χ1v) is 9.35. The molecule has 3 aliphatic carbocycles. The summed E-state index contributed by atoms with van der Waals surface area (Å²) in [6, 6.07) is 14.8. The number of carbonyl (C=O) groups excluding carboxylic acids is 1. The van der Waals surface area contributed by atoms with Crippen LogP contribution in [0, 0.1) is 10.1 Å². The number of hydrogen-bond acceptors (Lipinski definition) is 3. The average molecular weight is 427 g/mol. The summed E-state index contributed by atoms with van der Waals surface area (Å²) in [6.45, 7) is 0. The summed E-state index contributed by atoms with van der Waals surface area (Å²) in [6.07, 6.45) is 0.832. The molecule has 7 nitrogen and oxygen atoms in total. The zero-order chi connectivity index (χ0) is 19.2. The summed E-state index contributed by atoms with van der Waals surface area (Å²) in [5, 5.41) is 15.8. The Morgan fingerprint density at radius 3 is 2.26 bits per heavy atom. The number of amides is 1. The minimum atomic E-state index is -1.59. The van der Waals surface area contributed by atoms with E-state index in [-0.39, 0.29) is 17.3 Å². The molecule has 1 unspecified atom stereocenters. The van der Waals surface area contributed by atoms with Crippen molar-refractivity contribution in [3.05, 3.63) is 91.3 Å². The molecule has 0 spiro atoms. The van der Waals surface area contributed by atoms with Crippen LogP contribution in [0.2, 0.25) is 0 Å². The fourth-order valence-corrected chi connectivity index (χ4v) is 5.32. The van der Waals surface area contributed by atoms with E-state index in [2.05, 4.69) is 26.0 Å². The van der Waals surface area contributed by atoms with Gasteiger partial charge >= 0.3 is 0 Å². The molecule has 0 fully saturated rings. The Kier molecular flexibility index (Phi) is 4.05. The number of nitrogens with zero attached hydrogens (tertiary/aromatic N) is 4. The Morgan fingerprint density at radius 2 is 1.74 bits per heavy atom. The summed E-state index contributed by atoms with van der Waals surface area (Å²) in [5.41, 5.74) is 10.2. The fraction of sp³-hybridized carbons (Fsp3) is 0.316. The smallest absolute Gasteiger partial charge is 0.274 e. The number of rotatable bonds is 2. The molecule has 136 valence electrons. The maximum absolute atomic E-state index is 12.6. The molecule has 0 aliphatic heterocycles. The molecule has 0 heterocycles. The Labute approximate surface area is 163 Å². The van der Waals surface area contributed by atoms with Gasteiger partial charge in [-0.2, -0.15) is 0 Å². The Bertz CT molecular complexity index is 970. The van der Waals surface area contributed by atoms with Crippen molar-refractivity contribution < 1.29 is 9.72 Å². The van der Waals surface area contributed by atoms with Crippen LogP contribution in [0.1, 0.15) is 47.4 Å². The van der Waals surface area contributed by atoms with Crippen molar-refractivity contribution in [3.8, 4) is 0 Å². The van der Waals surface area contributed by atoms with Gasteiger partial charge in [-0.25, -0.2) is 0 Å². The topological polar surface area (TPSA) is 109 Å². The first kappa shape index (κ1) is 17.7. The van der Waals surface area contributed by atoms with E-state index in [4.69, 9.17) is 5.53 Å². The molecule has 0 saturated carbocycles. The zero-order valence-electron chi connectivity index (χ0n) is 14.2. The van der Waals surface area contributed by atoms with Crippen LogP contribution < -0.4 is 0 Å². The number of halogens is 1. The number of azide groups is 1. The quantitative estimate of drug-likeness (QED) is 0.171. The molecule has 0 radical (unpaired) electrons. The maximum Gasteiger partial charge on any atom is 0.274 e. The lowest BCUT2D eigenvalue weighted by Gasteiger charge is -2.44. The van der Waals surface area contributed by atoms with Gasteiger partial charge in [0.05, 0.1) is 4.32 Å². The number of alkyl halides is 1. The maximum atomic E-state index is 12.6. The minimum Gasteiger partial charge on any atom is -0.291 e. The monoisotopic (exact) mass is 426 g/mol. The second-order valence-electron chi connectivity index (χ2n) is 7.02. The van der Waals surface area contributed by atoms with Crippen LogP contribution in [-0.4, -0.2) is 15.2 Å².